The van der Waals surface area contributed by atoms with Gasteiger partial charge < -0.3 is 10.0 Å². The Balaban J connectivity index is 1.98. The molecule has 0 aromatic carbocycles. The molecule has 0 atom stereocenters. The Morgan fingerprint density at radius 2 is 1.85 bits per heavy atom. The Kier molecular flexibility index (Phi) is 4.49. The van der Waals surface area contributed by atoms with E-state index in [1.54, 1.807) is 12.1 Å². The van der Waals surface area contributed by atoms with Gasteiger partial charge in [0.2, 0.25) is 0 Å². The molecule has 20 heavy (non-hydrogen) atoms. The molecule has 1 saturated heterocycles. The van der Waals surface area contributed by atoms with Gasteiger partial charge in [0.05, 0.1) is 13.2 Å². The topological polar surface area (TPSA) is 39.6 Å². The van der Waals surface area contributed by atoms with Crippen LogP contribution >= 0.6 is 0 Å². The van der Waals surface area contributed by atoms with Crippen molar-refractivity contribution in [3.63, 3.8) is 0 Å². The Morgan fingerprint density at radius 3 is 2.40 bits per heavy atom. The van der Waals surface area contributed by atoms with E-state index in [-0.39, 0.29) is 6.61 Å². The zero-order chi connectivity index (χ0) is 14.8. The highest BCUT2D eigenvalue weighted by Gasteiger charge is 2.32. The molecule has 7 heteroatoms. The van der Waals surface area contributed by atoms with Crippen LogP contribution in [0.5, 0.6) is 0 Å². The van der Waals surface area contributed by atoms with Gasteiger partial charge in [-0.05, 0) is 24.6 Å². The van der Waals surface area contributed by atoms with E-state index in [0.29, 0.717) is 26.2 Å². The monoisotopic (exact) mass is 289 g/mol. The summed E-state index contributed by atoms with van der Waals surface area (Å²) in [4.78, 5) is 7.74. The molecule has 0 aliphatic carbocycles. The van der Waals surface area contributed by atoms with Crippen LogP contribution in [0.2, 0.25) is 0 Å². The van der Waals surface area contributed by atoms with E-state index >= 15 is 0 Å². The fourth-order valence-electron chi connectivity index (χ4n) is 2.36. The average Bonchev–Trinajstić information content (AvgIpc) is 2.37. The molecule has 1 fully saturated rings. The van der Waals surface area contributed by atoms with Gasteiger partial charge in [-0.25, -0.2) is 4.98 Å². The third kappa shape index (κ3) is 4.08. The first-order valence-corrected chi connectivity index (χ1v) is 6.50. The van der Waals surface area contributed by atoms with E-state index in [9.17, 15) is 18.3 Å². The van der Waals surface area contributed by atoms with Crippen LogP contribution in [-0.2, 0) is 6.61 Å². The highest BCUT2D eigenvalue weighted by Crippen LogP contribution is 2.20. The molecule has 0 unspecified atom stereocenters. The molecule has 1 aromatic heterocycles. The summed E-state index contributed by atoms with van der Waals surface area (Å²) in [7, 11) is 0. The molecule has 2 heterocycles. The van der Waals surface area contributed by atoms with Crippen molar-refractivity contribution in [2.45, 2.75) is 19.7 Å². The Bertz CT molecular complexity index is 457. The maximum atomic E-state index is 12.3. The molecule has 1 aliphatic rings. The molecule has 4 nitrogen and oxygen atoms in total. The number of rotatable bonds is 3. The van der Waals surface area contributed by atoms with E-state index in [0.717, 1.165) is 17.1 Å². The zero-order valence-corrected chi connectivity index (χ0v) is 11.3. The summed E-state index contributed by atoms with van der Waals surface area (Å²) in [5, 5.41) is 9.17. The van der Waals surface area contributed by atoms with Gasteiger partial charge in [-0.1, -0.05) is 0 Å². The number of hydrogen-bond acceptors (Lipinski definition) is 4. The number of aromatic nitrogens is 1. The lowest BCUT2D eigenvalue weighted by Crippen LogP contribution is -2.49. The fourth-order valence-corrected chi connectivity index (χ4v) is 2.36. The summed E-state index contributed by atoms with van der Waals surface area (Å²) < 4.78 is 36.9. The van der Waals surface area contributed by atoms with Crippen LogP contribution in [0, 0.1) is 6.92 Å². The van der Waals surface area contributed by atoms with E-state index < -0.39 is 12.7 Å². The maximum absolute atomic E-state index is 12.3. The molecule has 2 rings (SSSR count). The molecule has 112 valence electrons. The highest BCUT2D eigenvalue weighted by atomic mass is 19.4. The predicted molar refractivity (Wildman–Crippen MR) is 69.6 cm³/mol. The number of nitrogens with zero attached hydrogens (tertiary/aromatic N) is 3. The molecule has 0 saturated carbocycles. The summed E-state index contributed by atoms with van der Waals surface area (Å²) in [5.74, 6) is 0.723. The van der Waals surface area contributed by atoms with Crippen molar-refractivity contribution in [2.75, 3.05) is 37.6 Å². The second kappa shape index (κ2) is 5.97. The van der Waals surface area contributed by atoms with Crippen molar-refractivity contribution in [3.8, 4) is 0 Å². The lowest BCUT2D eigenvalue weighted by molar-refractivity contribution is -0.146. The number of halogens is 3. The smallest absolute Gasteiger partial charge is 0.392 e. The number of aliphatic hydroxyl groups is 1. The van der Waals surface area contributed by atoms with Crippen molar-refractivity contribution in [1.82, 2.24) is 9.88 Å². The van der Waals surface area contributed by atoms with Crippen LogP contribution in [0.1, 0.15) is 11.3 Å². The van der Waals surface area contributed by atoms with Crippen molar-refractivity contribution >= 4 is 5.82 Å². The molecule has 0 bridgehead atoms. The third-order valence-electron chi connectivity index (χ3n) is 3.28. The minimum atomic E-state index is -4.15. The first-order valence-electron chi connectivity index (χ1n) is 6.50. The second-order valence-corrected chi connectivity index (χ2v) is 5.01. The summed E-state index contributed by atoms with van der Waals surface area (Å²) >= 11 is 0. The minimum absolute atomic E-state index is 0.0651. The highest BCUT2D eigenvalue weighted by molar-refractivity contribution is 5.43. The van der Waals surface area contributed by atoms with Crippen LogP contribution < -0.4 is 4.90 Å². The molecule has 1 N–H and O–H groups in total. The standard InChI is InChI=1S/C13H18F3N3O/c1-10-6-11(8-20)7-12(17-10)19-4-2-18(3-5-19)9-13(14,15)16/h6-7,20H,2-5,8-9H2,1H3. The molecular weight excluding hydrogens is 271 g/mol. The number of aliphatic hydroxyl groups excluding tert-OH is 1. The molecule has 0 radical (unpaired) electrons. The van der Waals surface area contributed by atoms with Gasteiger partial charge in [0, 0.05) is 31.9 Å². The molecule has 1 aromatic rings. The van der Waals surface area contributed by atoms with Crippen LogP contribution in [0.4, 0.5) is 19.0 Å². The van der Waals surface area contributed by atoms with Crippen LogP contribution in [-0.4, -0.2) is 53.9 Å². The number of anilines is 1. The lowest BCUT2D eigenvalue weighted by Gasteiger charge is -2.35. The van der Waals surface area contributed by atoms with Gasteiger partial charge in [0.15, 0.2) is 0 Å². The zero-order valence-electron chi connectivity index (χ0n) is 11.3. The lowest BCUT2D eigenvalue weighted by atomic mass is 10.2. The largest absolute Gasteiger partial charge is 0.401 e. The van der Waals surface area contributed by atoms with E-state index in [1.165, 1.54) is 4.90 Å². The first kappa shape index (κ1) is 15.1. The third-order valence-corrected chi connectivity index (χ3v) is 3.28. The van der Waals surface area contributed by atoms with Gasteiger partial charge >= 0.3 is 6.18 Å². The predicted octanol–water partition coefficient (Wildman–Crippen LogP) is 1.57. The van der Waals surface area contributed by atoms with E-state index in [4.69, 9.17) is 0 Å². The number of aryl methyl sites for hydroxylation is 1. The second-order valence-electron chi connectivity index (χ2n) is 5.01. The number of pyridine rings is 1. The van der Waals surface area contributed by atoms with Crippen LogP contribution in [0.15, 0.2) is 12.1 Å². The Morgan fingerprint density at radius 1 is 1.20 bits per heavy atom. The van der Waals surface area contributed by atoms with Gasteiger partial charge in [-0.2, -0.15) is 13.2 Å². The summed E-state index contributed by atoms with van der Waals surface area (Å²) in [6.45, 7) is 2.67. The van der Waals surface area contributed by atoms with E-state index in [1.807, 2.05) is 11.8 Å². The van der Waals surface area contributed by atoms with Crippen LogP contribution in [0.25, 0.3) is 0 Å². The summed E-state index contributed by atoms with van der Waals surface area (Å²) in [6, 6.07) is 3.58. The number of piperazine rings is 1. The van der Waals surface area contributed by atoms with Crippen molar-refractivity contribution in [2.24, 2.45) is 0 Å². The number of hydrogen-bond donors (Lipinski definition) is 1. The quantitative estimate of drug-likeness (QED) is 0.917. The minimum Gasteiger partial charge on any atom is -0.392 e. The molecular formula is C13H18F3N3O. The van der Waals surface area contributed by atoms with Crippen molar-refractivity contribution < 1.29 is 18.3 Å². The molecule has 0 amide bonds. The Hall–Kier alpha value is -1.34. The summed E-state index contributed by atoms with van der Waals surface area (Å²) in [6.07, 6.45) is -4.15. The Labute approximate surface area is 115 Å². The van der Waals surface area contributed by atoms with Gasteiger partial charge in [0.1, 0.15) is 5.82 Å². The molecule has 1 aliphatic heterocycles. The van der Waals surface area contributed by atoms with Crippen molar-refractivity contribution in [1.29, 1.82) is 0 Å². The molecule has 0 spiro atoms. The SMILES string of the molecule is Cc1cc(CO)cc(N2CCN(CC(F)(F)F)CC2)n1. The van der Waals surface area contributed by atoms with Crippen LogP contribution in [0.3, 0.4) is 0 Å². The van der Waals surface area contributed by atoms with Crippen molar-refractivity contribution in [3.05, 3.63) is 23.4 Å². The maximum Gasteiger partial charge on any atom is 0.401 e. The van der Waals surface area contributed by atoms with Gasteiger partial charge in [0.25, 0.3) is 0 Å². The fraction of sp³-hybridized carbons (Fsp3) is 0.615. The first-order chi connectivity index (χ1) is 9.37. The van der Waals surface area contributed by atoms with E-state index in [2.05, 4.69) is 4.98 Å². The van der Waals surface area contributed by atoms with Gasteiger partial charge in [-0.3, -0.25) is 4.90 Å². The number of alkyl halides is 3. The van der Waals surface area contributed by atoms with Gasteiger partial charge in [-0.15, -0.1) is 0 Å². The summed E-state index contributed by atoms with van der Waals surface area (Å²) in [5.41, 5.74) is 1.56. The normalized spacial score (nSPS) is 17.6. The average molecular weight is 289 g/mol.